The molecule has 0 aliphatic heterocycles. The van der Waals surface area contributed by atoms with Crippen LogP contribution in [0.15, 0.2) is 46.9 Å². The summed E-state index contributed by atoms with van der Waals surface area (Å²) in [4.78, 5) is 0. The quantitative estimate of drug-likeness (QED) is 0.672. The van der Waals surface area contributed by atoms with Crippen LogP contribution < -0.4 is 5.73 Å². The van der Waals surface area contributed by atoms with E-state index in [9.17, 15) is 0 Å². The van der Waals surface area contributed by atoms with Crippen LogP contribution in [0.2, 0.25) is 0 Å². The maximum Gasteiger partial charge on any atom is 0.1000 e. The molecule has 0 saturated carbocycles. The lowest BCUT2D eigenvalue weighted by Crippen LogP contribution is -1.84. The highest BCUT2D eigenvalue weighted by atomic mass is 79.9. The molecule has 3 N–H and O–H groups in total. The van der Waals surface area contributed by atoms with Crippen LogP contribution in [0, 0.1) is 0 Å². The molecule has 3 nitrogen and oxygen atoms in total. The minimum Gasteiger partial charge on any atom is -0.397 e. The number of nitrogen functional groups attached to an aromatic ring is 1. The molecule has 4 heteroatoms. The van der Waals surface area contributed by atoms with Crippen LogP contribution in [0.1, 0.15) is 0 Å². The highest BCUT2D eigenvalue weighted by Crippen LogP contribution is 2.29. The van der Waals surface area contributed by atoms with Gasteiger partial charge in [-0.2, -0.15) is 5.10 Å². The molecule has 1 aromatic heterocycles. The Morgan fingerprint density at radius 3 is 2.59 bits per heavy atom. The molecule has 0 bridgehead atoms. The SMILES string of the molecule is Nc1cccc2c(-c3ccc(Br)cc3)n[nH]c12. The van der Waals surface area contributed by atoms with E-state index in [-0.39, 0.29) is 0 Å². The van der Waals surface area contributed by atoms with Gasteiger partial charge in [-0.15, -0.1) is 0 Å². The first kappa shape index (κ1) is 10.4. The zero-order chi connectivity index (χ0) is 11.8. The molecule has 1 heterocycles. The number of nitrogens with zero attached hydrogens (tertiary/aromatic N) is 1. The van der Waals surface area contributed by atoms with Gasteiger partial charge in [0, 0.05) is 15.4 Å². The van der Waals surface area contributed by atoms with Gasteiger partial charge in [-0.25, -0.2) is 0 Å². The van der Waals surface area contributed by atoms with Crippen LogP contribution in [0.3, 0.4) is 0 Å². The summed E-state index contributed by atoms with van der Waals surface area (Å²) in [5, 5.41) is 8.37. The van der Waals surface area contributed by atoms with E-state index in [4.69, 9.17) is 5.73 Å². The number of H-pyrrole nitrogens is 1. The van der Waals surface area contributed by atoms with E-state index < -0.39 is 0 Å². The van der Waals surface area contributed by atoms with Gasteiger partial charge in [0.05, 0.1) is 16.9 Å². The highest BCUT2D eigenvalue weighted by molar-refractivity contribution is 9.10. The predicted octanol–water partition coefficient (Wildman–Crippen LogP) is 3.57. The van der Waals surface area contributed by atoms with E-state index in [1.807, 2.05) is 42.5 Å². The highest BCUT2D eigenvalue weighted by Gasteiger charge is 2.09. The average molecular weight is 288 g/mol. The van der Waals surface area contributed by atoms with E-state index >= 15 is 0 Å². The van der Waals surface area contributed by atoms with Gasteiger partial charge in [0.15, 0.2) is 0 Å². The smallest absolute Gasteiger partial charge is 0.1000 e. The third kappa shape index (κ3) is 1.70. The Kier molecular flexibility index (Phi) is 2.37. The zero-order valence-electron chi connectivity index (χ0n) is 8.94. The Morgan fingerprint density at radius 1 is 1.06 bits per heavy atom. The summed E-state index contributed by atoms with van der Waals surface area (Å²) in [5.41, 5.74) is 9.51. The van der Waals surface area contributed by atoms with Crippen LogP contribution >= 0.6 is 15.9 Å². The van der Waals surface area contributed by atoms with Gasteiger partial charge in [0.1, 0.15) is 0 Å². The first-order valence-corrected chi connectivity index (χ1v) is 6.03. The molecule has 0 fully saturated rings. The largest absolute Gasteiger partial charge is 0.397 e. The van der Waals surface area contributed by atoms with Crippen molar-refractivity contribution in [3.8, 4) is 11.3 Å². The van der Waals surface area contributed by atoms with E-state index in [1.165, 1.54) is 0 Å². The molecule has 84 valence electrons. The van der Waals surface area contributed by atoms with Gasteiger partial charge in [-0.05, 0) is 18.2 Å². The van der Waals surface area contributed by atoms with Crippen molar-refractivity contribution < 1.29 is 0 Å². The Labute approximate surface area is 107 Å². The summed E-state index contributed by atoms with van der Waals surface area (Å²) in [7, 11) is 0. The fourth-order valence-electron chi connectivity index (χ4n) is 1.89. The fourth-order valence-corrected chi connectivity index (χ4v) is 2.16. The third-order valence-corrected chi connectivity index (χ3v) is 3.28. The standard InChI is InChI=1S/C13H10BrN3/c14-9-6-4-8(5-7-9)12-10-2-1-3-11(15)13(10)17-16-12/h1-7H,15H2,(H,16,17). The van der Waals surface area contributed by atoms with Gasteiger partial charge in [0.25, 0.3) is 0 Å². The number of rotatable bonds is 1. The van der Waals surface area contributed by atoms with E-state index in [0.717, 1.165) is 32.3 Å². The minimum absolute atomic E-state index is 0.721. The number of nitrogens with two attached hydrogens (primary N) is 1. The van der Waals surface area contributed by atoms with Crippen molar-refractivity contribution in [1.82, 2.24) is 10.2 Å². The van der Waals surface area contributed by atoms with Crippen molar-refractivity contribution >= 4 is 32.5 Å². The number of halogens is 1. The van der Waals surface area contributed by atoms with Gasteiger partial charge in [-0.3, -0.25) is 5.10 Å². The Morgan fingerprint density at radius 2 is 1.82 bits per heavy atom. The van der Waals surface area contributed by atoms with Crippen molar-refractivity contribution in [1.29, 1.82) is 0 Å². The topological polar surface area (TPSA) is 54.7 Å². The zero-order valence-corrected chi connectivity index (χ0v) is 10.5. The molecule has 0 radical (unpaired) electrons. The third-order valence-electron chi connectivity index (χ3n) is 2.75. The Hall–Kier alpha value is -1.81. The molecule has 0 amide bonds. The van der Waals surface area contributed by atoms with Crippen LogP contribution in [0.25, 0.3) is 22.2 Å². The lowest BCUT2D eigenvalue weighted by Gasteiger charge is -1.99. The van der Waals surface area contributed by atoms with Crippen molar-refractivity contribution in [2.24, 2.45) is 0 Å². The molecule has 0 saturated heterocycles. The maximum absolute atomic E-state index is 5.89. The predicted molar refractivity (Wildman–Crippen MR) is 73.6 cm³/mol. The molecule has 0 aliphatic rings. The van der Waals surface area contributed by atoms with Crippen LogP contribution in [0.5, 0.6) is 0 Å². The van der Waals surface area contributed by atoms with Crippen molar-refractivity contribution in [3.63, 3.8) is 0 Å². The number of benzene rings is 2. The molecule has 0 atom stereocenters. The van der Waals surface area contributed by atoms with Gasteiger partial charge < -0.3 is 5.73 Å². The van der Waals surface area contributed by atoms with E-state index in [2.05, 4.69) is 26.1 Å². The molecule has 17 heavy (non-hydrogen) atoms. The summed E-state index contributed by atoms with van der Waals surface area (Å²) >= 11 is 3.42. The number of anilines is 1. The second-order valence-electron chi connectivity index (χ2n) is 3.85. The molecule has 3 rings (SSSR count). The van der Waals surface area contributed by atoms with Crippen LogP contribution in [-0.4, -0.2) is 10.2 Å². The molecular formula is C13H10BrN3. The average Bonchev–Trinajstić information content (AvgIpc) is 2.75. The van der Waals surface area contributed by atoms with E-state index in [0.29, 0.717) is 0 Å². The summed E-state index contributed by atoms with van der Waals surface area (Å²) in [6.07, 6.45) is 0. The summed E-state index contributed by atoms with van der Waals surface area (Å²) < 4.78 is 1.06. The second-order valence-corrected chi connectivity index (χ2v) is 4.76. The van der Waals surface area contributed by atoms with Gasteiger partial charge in [0.2, 0.25) is 0 Å². The van der Waals surface area contributed by atoms with Crippen LogP contribution in [0.4, 0.5) is 5.69 Å². The second kappa shape index (κ2) is 3.89. The number of fused-ring (bicyclic) bond motifs is 1. The number of aromatic nitrogens is 2. The summed E-state index contributed by atoms with van der Waals surface area (Å²) in [6.45, 7) is 0. The molecular weight excluding hydrogens is 278 g/mol. The monoisotopic (exact) mass is 287 g/mol. The molecule has 0 spiro atoms. The molecule has 0 aliphatic carbocycles. The van der Waals surface area contributed by atoms with Crippen LogP contribution in [-0.2, 0) is 0 Å². The van der Waals surface area contributed by atoms with Crippen molar-refractivity contribution in [2.45, 2.75) is 0 Å². The molecule has 3 aromatic rings. The van der Waals surface area contributed by atoms with Crippen molar-refractivity contribution in [2.75, 3.05) is 5.73 Å². The maximum atomic E-state index is 5.89. The summed E-state index contributed by atoms with van der Waals surface area (Å²) in [6, 6.07) is 13.9. The Balaban J connectivity index is 2.24. The number of hydrogen-bond donors (Lipinski definition) is 2. The number of aromatic amines is 1. The first-order valence-electron chi connectivity index (χ1n) is 5.24. The lowest BCUT2D eigenvalue weighted by atomic mass is 10.1. The lowest BCUT2D eigenvalue weighted by molar-refractivity contribution is 1.12. The van der Waals surface area contributed by atoms with Gasteiger partial charge in [-0.1, -0.05) is 40.2 Å². The first-order chi connectivity index (χ1) is 8.25. The fraction of sp³-hybridized carbons (Fsp3) is 0. The Bertz CT molecular complexity index is 671. The molecule has 2 aromatic carbocycles. The number of hydrogen-bond acceptors (Lipinski definition) is 2. The minimum atomic E-state index is 0.721. The normalized spacial score (nSPS) is 10.9. The van der Waals surface area contributed by atoms with Gasteiger partial charge >= 0.3 is 0 Å². The number of nitrogens with one attached hydrogen (secondary N) is 1. The van der Waals surface area contributed by atoms with Crippen molar-refractivity contribution in [3.05, 3.63) is 46.9 Å². The number of para-hydroxylation sites is 1. The summed E-state index contributed by atoms with van der Waals surface area (Å²) in [5.74, 6) is 0. The molecule has 0 unspecified atom stereocenters. The van der Waals surface area contributed by atoms with E-state index in [1.54, 1.807) is 0 Å².